The molecule has 0 spiro atoms. The molecule has 3 atom stereocenters. The molecule has 6 nitrogen and oxygen atoms in total. The Balaban J connectivity index is 2.12. The molecule has 1 N–H and O–H groups in total. The van der Waals surface area contributed by atoms with Crippen LogP contribution in [0.5, 0.6) is 0 Å². The van der Waals surface area contributed by atoms with Crippen molar-refractivity contribution < 1.29 is 29.0 Å². The Morgan fingerprint density at radius 3 is 2.29 bits per heavy atom. The van der Waals surface area contributed by atoms with Gasteiger partial charge in [-0.15, -0.1) is 0 Å². The lowest BCUT2D eigenvalue weighted by molar-refractivity contribution is -0.159. The summed E-state index contributed by atoms with van der Waals surface area (Å²) in [5.74, 6) is -3.51. The van der Waals surface area contributed by atoms with Crippen LogP contribution >= 0.6 is 0 Å². The van der Waals surface area contributed by atoms with Crippen LogP contribution < -0.4 is 0 Å². The molecule has 2 saturated heterocycles. The minimum Gasteiger partial charge on any atom is -0.436 e. The second-order valence-corrected chi connectivity index (χ2v) is 3.34. The fraction of sp³-hybridized carbons (Fsp3) is 0.625. The number of aliphatic hydroxyl groups excluding tert-OH is 1. The first-order chi connectivity index (χ1) is 6.58. The highest BCUT2D eigenvalue weighted by molar-refractivity contribution is 5.97. The van der Waals surface area contributed by atoms with Crippen molar-refractivity contribution in [2.24, 2.45) is 11.8 Å². The molecule has 3 unspecified atom stereocenters. The summed E-state index contributed by atoms with van der Waals surface area (Å²) in [5, 5.41) is 9.00. The van der Waals surface area contributed by atoms with Crippen molar-refractivity contribution in [3.63, 3.8) is 0 Å². The van der Waals surface area contributed by atoms with Crippen LogP contribution in [0, 0.1) is 11.8 Å². The first-order valence-electron chi connectivity index (χ1n) is 4.21. The minimum atomic E-state index is -1.17. The van der Waals surface area contributed by atoms with Gasteiger partial charge >= 0.3 is 17.9 Å². The van der Waals surface area contributed by atoms with E-state index in [1.54, 1.807) is 0 Å². The molecule has 76 valence electrons. The second kappa shape index (κ2) is 3.06. The van der Waals surface area contributed by atoms with Crippen molar-refractivity contribution in [2.75, 3.05) is 0 Å². The number of aliphatic hydroxyl groups is 1. The molecule has 2 fully saturated rings. The van der Waals surface area contributed by atoms with Crippen LogP contribution in [0.2, 0.25) is 0 Å². The quantitative estimate of drug-likeness (QED) is 0.429. The van der Waals surface area contributed by atoms with Crippen LogP contribution in [0.3, 0.4) is 0 Å². The van der Waals surface area contributed by atoms with Gasteiger partial charge in [0.2, 0.25) is 6.29 Å². The summed E-state index contributed by atoms with van der Waals surface area (Å²) in [7, 11) is 0. The number of cyclic esters (lactones) is 3. The van der Waals surface area contributed by atoms with E-state index in [-0.39, 0.29) is 12.8 Å². The van der Waals surface area contributed by atoms with Crippen molar-refractivity contribution in [3.8, 4) is 0 Å². The van der Waals surface area contributed by atoms with E-state index in [2.05, 4.69) is 9.47 Å². The van der Waals surface area contributed by atoms with E-state index in [1.165, 1.54) is 0 Å². The zero-order valence-corrected chi connectivity index (χ0v) is 7.13. The smallest absolute Gasteiger partial charge is 0.318 e. The lowest BCUT2D eigenvalue weighted by Gasteiger charge is -2.07. The lowest BCUT2D eigenvalue weighted by Crippen LogP contribution is -2.23. The fourth-order valence-corrected chi connectivity index (χ4v) is 1.71. The van der Waals surface area contributed by atoms with Gasteiger partial charge in [0.1, 0.15) is 0 Å². The number of rotatable bonds is 1. The van der Waals surface area contributed by atoms with Crippen LogP contribution in [0.25, 0.3) is 0 Å². The zero-order chi connectivity index (χ0) is 10.3. The standard InChI is InChI=1S/C8H8O6/c9-5-1-3(7(11)13-5)4-2-6(10)14-8(4)12/h3-5,9H,1-2H2. The van der Waals surface area contributed by atoms with Gasteiger partial charge in [-0.05, 0) is 0 Å². The SMILES string of the molecule is O=C1CC(C2CC(O)OC2=O)C(=O)O1. The molecule has 0 aromatic heterocycles. The van der Waals surface area contributed by atoms with Crippen molar-refractivity contribution in [1.82, 2.24) is 0 Å². The van der Waals surface area contributed by atoms with Crippen molar-refractivity contribution in [3.05, 3.63) is 0 Å². The van der Waals surface area contributed by atoms with Crippen LogP contribution in [-0.2, 0) is 23.9 Å². The second-order valence-electron chi connectivity index (χ2n) is 3.34. The summed E-state index contributed by atoms with van der Waals surface area (Å²) in [6.07, 6.45) is -1.23. The Morgan fingerprint density at radius 2 is 1.86 bits per heavy atom. The third-order valence-corrected chi connectivity index (χ3v) is 2.40. The van der Waals surface area contributed by atoms with E-state index in [9.17, 15) is 14.4 Å². The summed E-state index contributed by atoms with van der Waals surface area (Å²) < 4.78 is 8.77. The molecular formula is C8H8O6. The first-order valence-corrected chi connectivity index (χ1v) is 4.21. The minimum absolute atomic E-state index is 0.0475. The highest BCUT2D eigenvalue weighted by Crippen LogP contribution is 2.33. The molecule has 2 rings (SSSR count). The maximum Gasteiger partial charge on any atom is 0.318 e. The molecule has 0 aromatic carbocycles. The Labute approximate surface area is 78.8 Å². The van der Waals surface area contributed by atoms with E-state index in [0.717, 1.165) is 0 Å². The van der Waals surface area contributed by atoms with E-state index in [1.807, 2.05) is 0 Å². The molecule has 0 saturated carbocycles. The van der Waals surface area contributed by atoms with Gasteiger partial charge < -0.3 is 14.6 Å². The monoisotopic (exact) mass is 200 g/mol. The highest BCUT2D eigenvalue weighted by atomic mass is 16.6. The topological polar surface area (TPSA) is 89.9 Å². The van der Waals surface area contributed by atoms with E-state index >= 15 is 0 Å². The Bertz CT molecular complexity index is 309. The molecular weight excluding hydrogens is 192 g/mol. The zero-order valence-electron chi connectivity index (χ0n) is 7.13. The van der Waals surface area contributed by atoms with Crippen molar-refractivity contribution in [2.45, 2.75) is 19.1 Å². The largest absolute Gasteiger partial charge is 0.436 e. The van der Waals surface area contributed by atoms with E-state index in [0.29, 0.717) is 0 Å². The van der Waals surface area contributed by atoms with Gasteiger partial charge in [-0.2, -0.15) is 0 Å². The summed E-state index contributed by atoms with van der Waals surface area (Å²) in [5.41, 5.74) is 0. The molecule has 2 aliphatic rings. The number of carbonyl (C=O) groups excluding carboxylic acids is 3. The number of ether oxygens (including phenoxy) is 2. The molecule has 0 bridgehead atoms. The predicted molar refractivity (Wildman–Crippen MR) is 39.4 cm³/mol. The summed E-state index contributed by atoms with van der Waals surface area (Å²) in [6, 6.07) is 0. The fourth-order valence-electron chi connectivity index (χ4n) is 1.71. The van der Waals surface area contributed by atoms with Gasteiger partial charge in [0.25, 0.3) is 0 Å². The van der Waals surface area contributed by atoms with Crippen LogP contribution in [0.4, 0.5) is 0 Å². The van der Waals surface area contributed by atoms with Crippen LogP contribution in [0.1, 0.15) is 12.8 Å². The summed E-state index contributed by atoms with van der Waals surface area (Å²) >= 11 is 0. The molecule has 2 aliphatic heterocycles. The highest BCUT2D eigenvalue weighted by Gasteiger charge is 2.47. The Morgan fingerprint density at radius 1 is 1.14 bits per heavy atom. The molecule has 0 aliphatic carbocycles. The third kappa shape index (κ3) is 1.37. The van der Waals surface area contributed by atoms with Gasteiger partial charge in [0.15, 0.2) is 0 Å². The van der Waals surface area contributed by atoms with Crippen molar-refractivity contribution >= 4 is 17.9 Å². The van der Waals surface area contributed by atoms with Gasteiger partial charge in [0, 0.05) is 6.42 Å². The third-order valence-electron chi connectivity index (χ3n) is 2.40. The maximum atomic E-state index is 11.1. The molecule has 0 amide bonds. The average molecular weight is 200 g/mol. The average Bonchev–Trinajstić information content (AvgIpc) is 2.55. The summed E-state index contributed by atoms with van der Waals surface area (Å²) in [6.45, 7) is 0. The van der Waals surface area contributed by atoms with E-state index < -0.39 is 36.0 Å². The molecule has 0 radical (unpaired) electrons. The number of esters is 3. The van der Waals surface area contributed by atoms with Gasteiger partial charge in [-0.3, -0.25) is 14.4 Å². The van der Waals surface area contributed by atoms with Gasteiger partial charge in [0.05, 0.1) is 18.3 Å². The van der Waals surface area contributed by atoms with E-state index in [4.69, 9.17) is 5.11 Å². The normalized spacial score (nSPS) is 37.2. The van der Waals surface area contributed by atoms with Crippen LogP contribution in [-0.4, -0.2) is 29.3 Å². The molecule has 0 aromatic rings. The number of hydrogen-bond donors (Lipinski definition) is 1. The van der Waals surface area contributed by atoms with Crippen molar-refractivity contribution in [1.29, 1.82) is 0 Å². The molecule has 2 heterocycles. The number of hydrogen-bond acceptors (Lipinski definition) is 6. The summed E-state index contributed by atoms with van der Waals surface area (Å²) in [4.78, 5) is 33.0. The predicted octanol–water partition coefficient (Wildman–Crippen LogP) is -1.04. The molecule has 14 heavy (non-hydrogen) atoms. The lowest BCUT2D eigenvalue weighted by atomic mass is 9.90. The van der Waals surface area contributed by atoms with Gasteiger partial charge in [-0.1, -0.05) is 0 Å². The maximum absolute atomic E-state index is 11.1. The Hall–Kier alpha value is -1.43. The van der Waals surface area contributed by atoms with Gasteiger partial charge in [-0.25, -0.2) is 0 Å². The van der Waals surface area contributed by atoms with Crippen LogP contribution in [0.15, 0.2) is 0 Å². The first kappa shape index (κ1) is 9.14. The Kier molecular flexibility index (Phi) is 1.99. The number of carbonyl (C=O) groups is 3. The molecule has 6 heteroatoms.